The van der Waals surface area contributed by atoms with Crippen LogP contribution in [-0.2, 0) is 17.8 Å². The van der Waals surface area contributed by atoms with Gasteiger partial charge >= 0.3 is 5.97 Å². The molecule has 0 amide bonds. The molecule has 1 aliphatic heterocycles. The van der Waals surface area contributed by atoms with Gasteiger partial charge < -0.3 is 5.11 Å². The third kappa shape index (κ3) is 4.89. The van der Waals surface area contributed by atoms with Crippen LogP contribution in [-0.4, -0.2) is 29.1 Å². The molecule has 28 heavy (non-hydrogen) atoms. The van der Waals surface area contributed by atoms with Crippen molar-refractivity contribution >= 4 is 29.2 Å². The highest BCUT2D eigenvalue weighted by Gasteiger charge is 2.32. The number of carbonyl (C=O) groups is 1. The summed E-state index contributed by atoms with van der Waals surface area (Å²) < 4.78 is 0. The Morgan fingerprint density at radius 2 is 1.82 bits per heavy atom. The van der Waals surface area contributed by atoms with Gasteiger partial charge in [0.05, 0.1) is 5.92 Å². The third-order valence-corrected chi connectivity index (χ3v) is 6.47. The lowest BCUT2D eigenvalue weighted by Crippen LogP contribution is -2.49. The van der Waals surface area contributed by atoms with Crippen LogP contribution in [0.1, 0.15) is 42.0 Å². The van der Waals surface area contributed by atoms with Crippen molar-refractivity contribution in [2.45, 2.75) is 39.7 Å². The average molecular weight is 420 g/mol. The molecule has 0 saturated carbocycles. The second kappa shape index (κ2) is 8.86. The van der Waals surface area contributed by atoms with E-state index in [2.05, 4.69) is 43.0 Å². The minimum atomic E-state index is -0.714. The van der Waals surface area contributed by atoms with Crippen molar-refractivity contribution < 1.29 is 9.90 Å². The number of carboxylic acid groups (broad SMARTS) is 1. The molecule has 0 bridgehead atoms. The monoisotopic (exact) mass is 419 g/mol. The standard InChI is InChI=1S/C23H27Cl2NO2/c1-14(2)20(17-5-7-21(24)15(3)8-17)10-16-4-6-22(25)18(9-16)11-26-12-19(13-26)23(27)28/h4-9,14,19-20H,10-13H2,1-3H3,(H,27,28)/t20-/m1/s1. The Hall–Kier alpha value is -1.55. The molecule has 3 nitrogen and oxygen atoms in total. The van der Waals surface area contributed by atoms with Crippen LogP contribution in [0.15, 0.2) is 36.4 Å². The van der Waals surface area contributed by atoms with E-state index in [1.807, 2.05) is 19.1 Å². The largest absolute Gasteiger partial charge is 0.481 e. The Bertz CT molecular complexity index is 860. The Morgan fingerprint density at radius 1 is 1.14 bits per heavy atom. The predicted octanol–water partition coefficient (Wildman–Crippen LogP) is 5.80. The first-order chi connectivity index (χ1) is 13.2. The SMILES string of the molecule is Cc1cc([C@H](Cc2ccc(Cl)c(CN3CC(C(=O)O)C3)c2)C(C)C)ccc1Cl. The van der Waals surface area contributed by atoms with E-state index in [4.69, 9.17) is 28.3 Å². The Labute approximate surface area is 177 Å². The second-order valence-corrected chi connectivity index (χ2v) is 9.03. The second-order valence-electron chi connectivity index (χ2n) is 8.22. The fraction of sp³-hybridized carbons (Fsp3) is 0.435. The smallest absolute Gasteiger partial charge is 0.309 e. The van der Waals surface area contributed by atoms with Crippen LogP contribution in [0.2, 0.25) is 10.0 Å². The molecule has 1 saturated heterocycles. The zero-order valence-corrected chi connectivity index (χ0v) is 18.1. The van der Waals surface area contributed by atoms with Crippen LogP contribution in [0.4, 0.5) is 0 Å². The highest BCUT2D eigenvalue weighted by molar-refractivity contribution is 6.31. The summed E-state index contributed by atoms with van der Waals surface area (Å²) in [5.41, 5.74) is 4.73. The quantitative estimate of drug-likeness (QED) is 0.616. The van der Waals surface area contributed by atoms with Gasteiger partial charge in [0.1, 0.15) is 0 Å². The van der Waals surface area contributed by atoms with E-state index in [1.54, 1.807) is 0 Å². The summed E-state index contributed by atoms with van der Waals surface area (Å²) in [6.45, 7) is 8.42. The molecule has 1 N–H and O–H groups in total. The van der Waals surface area contributed by atoms with Gasteiger partial charge in [-0.05, 0) is 59.6 Å². The molecule has 1 fully saturated rings. The zero-order valence-electron chi connectivity index (χ0n) is 16.6. The Morgan fingerprint density at radius 3 is 2.43 bits per heavy atom. The molecule has 0 aromatic heterocycles. The topological polar surface area (TPSA) is 40.5 Å². The summed E-state index contributed by atoms with van der Waals surface area (Å²) in [6, 6.07) is 12.5. The Kier molecular flexibility index (Phi) is 6.69. The van der Waals surface area contributed by atoms with Crippen molar-refractivity contribution in [3.8, 4) is 0 Å². The first kappa shape index (κ1) is 21.2. The summed E-state index contributed by atoms with van der Waals surface area (Å²) in [6.07, 6.45) is 0.931. The molecule has 0 spiro atoms. The maximum Gasteiger partial charge on any atom is 0.309 e. The van der Waals surface area contributed by atoms with Gasteiger partial charge in [-0.3, -0.25) is 9.69 Å². The number of aliphatic carboxylic acids is 1. The Balaban J connectivity index is 1.75. The van der Waals surface area contributed by atoms with Crippen LogP contribution in [0, 0.1) is 18.8 Å². The van der Waals surface area contributed by atoms with Crippen LogP contribution in [0.25, 0.3) is 0 Å². The number of hydrogen-bond donors (Lipinski definition) is 1. The molecular formula is C23H27Cl2NO2. The molecule has 2 aromatic carbocycles. The first-order valence-electron chi connectivity index (χ1n) is 9.73. The van der Waals surface area contributed by atoms with Gasteiger partial charge in [-0.15, -0.1) is 0 Å². The number of nitrogens with zero attached hydrogens (tertiary/aromatic N) is 1. The van der Waals surface area contributed by atoms with Crippen molar-refractivity contribution in [1.82, 2.24) is 4.90 Å². The molecule has 1 atom stereocenters. The predicted molar refractivity (Wildman–Crippen MR) is 115 cm³/mol. The average Bonchev–Trinajstić information content (AvgIpc) is 2.59. The molecule has 150 valence electrons. The van der Waals surface area contributed by atoms with Gasteiger partial charge in [0, 0.05) is 29.7 Å². The molecule has 1 aliphatic rings. The van der Waals surface area contributed by atoms with E-state index in [9.17, 15) is 4.79 Å². The summed E-state index contributed by atoms with van der Waals surface area (Å²) in [5, 5.41) is 10.6. The zero-order chi connectivity index (χ0) is 20.4. The van der Waals surface area contributed by atoms with Crippen molar-refractivity contribution in [3.05, 3.63) is 68.7 Å². The minimum absolute atomic E-state index is 0.250. The van der Waals surface area contributed by atoms with Crippen molar-refractivity contribution in [2.75, 3.05) is 13.1 Å². The van der Waals surface area contributed by atoms with E-state index in [0.29, 0.717) is 31.5 Å². The van der Waals surface area contributed by atoms with Gasteiger partial charge in [-0.25, -0.2) is 0 Å². The number of benzene rings is 2. The minimum Gasteiger partial charge on any atom is -0.481 e. The fourth-order valence-corrected chi connectivity index (χ4v) is 4.16. The normalized spacial score (nSPS) is 16.2. The lowest BCUT2D eigenvalue weighted by atomic mass is 9.82. The molecular weight excluding hydrogens is 393 g/mol. The van der Waals surface area contributed by atoms with Gasteiger partial charge in [0.15, 0.2) is 0 Å². The number of halogens is 2. The highest BCUT2D eigenvalue weighted by Crippen LogP contribution is 2.32. The van der Waals surface area contributed by atoms with Crippen LogP contribution in [0.5, 0.6) is 0 Å². The number of aryl methyl sites for hydroxylation is 1. The van der Waals surface area contributed by atoms with Crippen LogP contribution < -0.4 is 0 Å². The molecule has 5 heteroatoms. The lowest BCUT2D eigenvalue weighted by Gasteiger charge is -2.36. The van der Waals surface area contributed by atoms with Gasteiger partial charge in [0.25, 0.3) is 0 Å². The van der Waals surface area contributed by atoms with Crippen LogP contribution in [0.3, 0.4) is 0 Å². The van der Waals surface area contributed by atoms with Crippen molar-refractivity contribution in [3.63, 3.8) is 0 Å². The van der Waals surface area contributed by atoms with E-state index in [-0.39, 0.29) is 5.92 Å². The molecule has 3 rings (SSSR count). The van der Waals surface area contributed by atoms with Gasteiger partial charge in [0.2, 0.25) is 0 Å². The van der Waals surface area contributed by atoms with E-state index < -0.39 is 5.97 Å². The van der Waals surface area contributed by atoms with E-state index in [0.717, 1.165) is 27.6 Å². The molecule has 0 radical (unpaired) electrons. The van der Waals surface area contributed by atoms with Crippen molar-refractivity contribution in [1.29, 1.82) is 0 Å². The third-order valence-electron chi connectivity index (χ3n) is 5.68. The fourth-order valence-electron chi connectivity index (χ4n) is 3.86. The molecule has 0 aliphatic carbocycles. The van der Waals surface area contributed by atoms with E-state index in [1.165, 1.54) is 11.1 Å². The molecule has 0 unspecified atom stereocenters. The number of carboxylic acids is 1. The van der Waals surface area contributed by atoms with Crippen LogP contribution >= 0.6 is 23.2 Å². The first-order valence-corrected chi connectivity index (χ1v) is 10.5. The molecule has 1 heterocycles. The van der Waals surface area contributed by atoms with E-state index >= 15 is 0 Å². The number of likely N-dealkylation sites (tertiary alicyclic amines) is 1. The number of hydrogen-bond acceptors (Lipinski definition) is 2. The maximum absolute atomic E-state index is 11.0. The summed E-state index contributed by atoms with van der Waals surface area (Å²) >= 11 is 12.6. The highest BCUT2D eigenvalue weighted by atomic mass is 35.5. The summed E-state index contributed by atoms with van der Waals surface area (Å²) in [7, 11) is 0. The van der Waals surface area contributed by atoms with Gasteiger partial charge in [-0.1, -0.05) is 61.3 Å². The number of rotatable bonds is 7. The van der Waals surface area contributed by atoms with Crippen molar-refractivity contribution in [2.24, 2.45) is 11.8 Å². The maximum atomic E-state index is 11.0. The van der Waals surface area contributed by atoms with Gasteiger partial charge in [-0.2, -0.15) is 0 Å². The summed E-state index contributed by atoms with van der Waals surface area (Å²) in [4.78, 5) is 13.1. The molecule has 2 aromatic rings. The summed E-state index contributed by atoms with van der Waals surface area (Å²) in [5.74, 6) is -0.0774. The lowest BCUT2D eigenvalue weighted by molar-refractivity contribution is -0.147.